The summed E-state index contributed by atoms with van der Waals surface area (Å²) >= 11 is 0. The van der Waals surface area contributed by atoms with Crippen molar-refractivity contribution in [3.8, 4) is 0 Å². The highest BCUT2D eigenvalue weighted by Crippen LogP contribution is 2.19. The summed E-state index contributed by atoms with van der Waals surface area (Å²) in [6.07, 6.45) is 0. The summed E-state index contributed by atoms with van der Waals surface area (Å²) in [6, 6.07) is 4.78. The first-order valence-electron chi connectivity index (χ1n) is 6.17. The molecule has 0 aliphatic heterocycles. The molecular weight excluding hydrogens is 281 g/mol. The summed E-state index contributed by atoms with van der Waals surface area (Å²) in [4.78, 5) is 35.8. The molecule has 0 unspecified atom stereocenters. The fraction of sp³-hybridized carbons (Fsp3) is 0.308. The molecule has 0 saturated heterocycles. The van der Waals surface area contributed by atoms with E-state index in [9.17, 15) is 18.8 Å². The minimum Gasteiger partial charge on any atom is -0.480 e. The Bertz CT molecular complexity index is 534. The molecule has 1 aromatic rings. The van der Waals surface area contributed by atoms with Gasteiger partial charge in [-0.25, -0.2) is 9.18 Å². The maximum Gasteiger partial charge on any atom is 0.325 e. The summed E-state index contributed by atoms with van der Waals surface area (Å²) < 4.78 is 13.8. The van der Waals surface area contributed by atoms with Gasteiger partial charge in [0.05, 0.1) is 5.69 Å². The third kappa shape index (κ3) is 4.44. The molecule has 0 aromatic heterocycles. The molecule has 1 aromatic carbocycles. The number of carbonyl (C=O) groups excluding carboxylic acids is 2. The van der Waals surface area contributed by atoms with Gasteiger partial charge in [0.2, 0.25) is 5.91 Å². The van der Waals surface area contributed by atoms with Gasteiger partial charge < -0.3 is 15.7 Å². The van der Waals surface area contributed by atoms with Crippen LogP contribution in [0.2, 0.25) is 0 Å². The monoisotopic (exact) mass is 297 g/mol. The topological polar surface area (TPSA) is 104 Å². The van der Waals surface area contributed by atoms with Gasteiger partial charge in [0.25, 0.3) is 0 Å². The summed E-state index contributed by atoms with van der Waals surface area (Å²) in [5.41, 5.74) is 5.00. The van der Waals surface area contributed by atoms with E-state index in [0.29, 0.717) is 0 Å². The largest absolute Gasteiger partial charge is 0.480 e. The maximum atomic E-state index is 13.8. The molecule has 21 heavy (non-hydrogen) atoms. The van der Waals surface area contributed by atoms with Gasteiger partial charge in [0, 0.05) is 6.54 Å². The number of para-hydroxylation sites is 1. The Kier molecular flexibility index (Phi) is 5.65. The van der Waals surface area contributed by atoms with Gasteiger partial charge in [0.15, 0.2) is 0 Å². The van der Waals surface area contributed by atoms with Crippen molar-refractivity contribution in [1.29, 1.82) is 0 Å². The smallest absolute Gasteiger partial charge is 0.325 e. The second-order valence-corrected chi connectivity index (χ2v) is 4.19. The molecule has 0 saturated carbocycles. The molecule has 0 aliphatic carbocycles. The second-order valence-electron chi connectivity index (χ2n) is 4.19. The van der Waals surface area contributed by atoms with Crippen molar-refractivity contribution in [3.05, 3.63) is 30.1 Å². The van der Waals surface area contributed by atoms with Gasteiger partial charge in [-0.3, -0.25) is 14.5 Å². The SMILES string of the molecule is CCN(C(=O)N(CC(N)=O)CC(=O)O)c1ccccc1F. The highest BCUT2D eigenvalue weighted by atomic mass is 19.1. The van der Waals surface area contributed by atoms with Crippen molar-refractivity contribution in [3.63, 3.8) is 0 Å². The number of nitrogens with zero attached hydrogens (tertiary/aromatic N) is 2. The zero-order chi connectivity index (χ0) is 16.0. The lowest BCUT2D eigenvalue weighted by molar-refractivity contribution is -0.137. The van der Waals surface area contributed by atoms with Crippen molar-refractivity contribution in [1.82, 2.24) is 4.90 Å². The molecule has 3 N–H and O–H groups in total. The van der Waals surface area contributed by atoms with Gasteiger partial charge >= 0.3 is 12.0 Å². The zero-order valence-corrected chi connectivity index (χ0v) is 11.5. The molecular formula is C13H16FN3O4. The molecule has 3 amide bonds. The number of halogens is 1. The minimum atomic E-state index is -1.30. The number of urea groups is 1. The van der Waals surface area contributed by atoms with Crippen LogP contribution < -0.4 is 10.6 Å². The first kappa shape index (κ1) is 16.4. The third-order valence-corrected chi connectivity index (χ3v) is 2.63. The number of rotatable bonds is 6. The van der Waals surface area contributed by atoms with Crippen molar-refractivity contribution in [2.75, 3.05) is 24.5 Å². The van der Waals surface area contributed by atoms with Gasteiger partial charge in [0.1, 0.15) is 18.9 Å². The van der Waals surface area contributed by atoms with Gasteiger partial charge in [-0.15, -0.1) is 0 Å². The fourth-order valence-corrected chi connectivity index (χ4v) is 1.79. The molecule has 7 nitrogen and oxygen atoms in total. The van der Waals surface area contributed by atoms with E-state index in [1.54, 1.807) is 13.0 Å². The number of carboxylic acids is 1. The van der Waals surface area contributed by atoms with E-state index in [1.165, 1.54) is 18.2 Å². The zero-order valence-electron chi connectivity index (χ0n) is 11.5. The molecule has 0 fully saturated rings. The summed E-state index contributed by atoms with van der Waals surface area (Å²) in [7, 11) is 0. The number of carboxylic acid groups (broad SMARTS) is 1. The van der Waals surface area contributed by atoms with Crippen LogP contribution in [-0.4, -0.2) is 47.5 Å². The molecule has 0 heterocycles. The van der Waals surface area contributed by atoms with Crippen LogP contribution >= 0.6 is 0 Å². The first-order chi connectivity index (χ1) is 9.86. The number of hydrogen-bond acceptors (Lipinski definition) is 3. The number of aliphatic carboxylic acids is 1. The number of hydrogen-bond donors (Lipinski definition) is 2. The molecule has 1 rings (SSSR count). The van der Waals surface area contributed by atoms with Gasteiger partial charge in [-0.1, -0.05) is 12.1 Å². The third-order valence-electron chi connectivity index (χ3n) is 2.63. The molecule has 0 spiro atoms. The summed E-state index contributed by atoms with van der Waals surface area (Å²) in [6.45, 7) is 0.449. The Morgan fingerprint density at radius 3 is 2.33 bits per heavy atom. The van der Waals surface area contributed by atoms with E-state index >= 15 is 0 Å². The lowest BCUT2D eigenvalue weighted by atomic mass is 10.2. The molecule has 8 heteroatoms. The number of carbonyl (C=O) groups is 3. The fourth-order valence-electron chi connectivity index (χ4n) is 1.79. The first-order valence-corrected chi connectivity index (χ1v) is 6.17. The normalized spacial score (nSPS) is 10.0. The standard InChI is InChI=1S/C13H16FN3O4/c1-2-17(10-6-4-3-5-9(10)14)13(21)16(7-11(15)18)8-12(19)20/h3-6H,2,7-8H2,1H3,(H2,15,18)(H,19,20). The summed E-state index contributed by atoms with van der Waals surface area (Å²) in [5, 5.41) is 8.79. The lowest BCUT2D eigenvalue weighted by Crippen LogP contribution is -2.49. The summed E-state index contributed by atoms with van der Waals surface area (Å²) in [5.74, 6) is -2.77. The Morgan fingerprint density at radius 1 is 1.24 bits per heavy atom. The van der Waals surface area contributed by atoms with Crippen molar-refractivity contribution < 1.29 is 23.9 Å². The average molecular weight is 297 g/mol. The molecule has 0 bridgehead atoms. The molecule has 0 aliphatic rings. The molecule has 0 radical (unpaired) electrons. The number of anilines is 1. The van der Waals surface area contributed by atoms with Crippen LogP contribution in [0.3, 0.4) is 0 Å². The maximum absolute atomic E-state index is 13.8. The number of benzene rings is 1. The predicted molar refractivity (Wildman–Crippen MR) is 73.2 cm³/mol. The van der Waals surface area contributed by atoms with Crippen LogP contribution in [0.5, 0.6) is 0 Å². The number of primary amides is 1. The average Bonchev–Trinajstić information content (AvgIpc) is 2.39. The van der Waals surface area contributed by atoms with Crippen LogP contribution in [0.25, 0.3) is 0 Å². The van der Waals surface area contributed by atoms with E-state index in [0.717, 1.165) is 9.80 Å². The van der Waals surface area contributed by atoms with E-state index in [2.05, 4.69) is 0 Å². The lowest BCUT2D eigenvalue weighted by Gasteiger charge is -2.28. The van der Waals surface area contributed by atoms with Gasteiger partial charge in [-0.05, 0) is 19.1 Å². The highest BCUT2D eigenvalue weighted by molar-refractivity contribution is 5.96. The molecule has 114 valence electrons. The van der Waals surface area contributed by atoms with Gasteiger partial charge in [-0.2, -0.15) is 0 Å². The van der Waals surface area contributed by atoms with Crippen LogP contribution in [0.4, 0.5) is 14.9 Å². The van der Waals surface area contributed by atoms with Crippen LogP contribution in [0.1, 0.15) is 6.92 Å². The number of nitrogens with two attached hydrogens (primary N) is 1. The van der Waals surface area contributed by atoms with E-state index in [4.69, 9.17) is 10.8 Å². The van der Waals surface area contributed by atoms with Crippen LogP contribution in [0, 0.1) is 5.82 Å². The quantitative estimate of drug-likeness (QED) is 0.804. The predicted octanol–water partition coefficient (Wildman–Crippen LogP) is 0.644. The number of amides is 3. The Morgan fingerprint density at radius 2 is 1.86 bits per heavy atom. The van der Waals surface area contributed by atoms with Crippen molar-refractivity contribution >= 4 is 23.6 Å². The van der Waals surface area contributed by atoms with E-state index in [-0.39, 0.29) is 12.2 Å². The van der Waals surface area contributed by atoms with Crippen molar-refractivity contribution in [2.45, 2.75) is 6.92 Å². The second kappa shape index (κ2) is 7.22. The van der Waals surface area contributed by atoms with E-state index < -0.39 is 36.8 Å². The van der Waals surface area contributed by atoms with Crippen molar-refractivity contribution in [2.24, 2.45) is 5.73 Å². The minimum absolute atomic E-state index is 0.00450. The Hall–Kier alpha value is -2.64. The van der Waals surface area contributed by atoms with Crippen LogP contribution in [0.15, 0.2) is 24.3 Å². The highest BCUT2D eigenvalue weighted by Gasteiger charge is 2.25. The Balaban J connectivity index is 3.06. The van der Waals surface area contributed by atoms with Crippen LogP contribution in [-0.2, 0) is 9.59 Å². The molecule has 0 atom stereocenters. The van der Waals surface area contributed by atoms with E-state index in [1.807, 2.05) is 0 Å². The Labute approximate surface area is 120 Å².